The molecule has 0 amide bonds. The molecule has 11 heteroatoms. The molecule has 0 radical (unpaired) electrons. The molecule has 0 bridgehead atoms. The number of aromatic nitrogens is 3. The lowest BCUT2D eigenvalue weighted by molar-refractivity contribution is 0.0141. The fraction of sp³-hybridized carbons (Fsp3) is 0.200. The van der Waals surface area contributed by atoms with E-state index < -0.39 is 33.3 Å². The number of hydrogen-bond acceptors (Lipinski definition) is 5. The van der Waals surface area contributed by atoms with Gasteiger partial charge >= 0.3 is 0 Å². The Morgan fingerprint density at radius 3 is 2.73 bits per heavy atom. The van der Waals surface area contributed by atoms with Crippen molar-refractivity contribution in [3.05, 3.63) is 41.2 Å². The summed E-state index contributed by atoms with van der Waals surface area (Å²) in [6.07, 6.45) is 2.10. The lowest BCUT2D eigenvalue weighted by atomic mass is 10.2. The zero-order valence-electron chi connectivity index (χ0n) is 13.5. The first-order valence-electron chi connectivity index (χ1n) is 7.20. The van der Waals surface area contributed by atoms with E-state index in [1.54, 1.807) is 18.2 Å². The van der Waals surface area contributed by atoms with E-state index in [9.17, 15) is 17.2 Å². The third-order valence-corrected chi connectivity index (χ3v) is 5.14. The molecule has 26 heavy (non-hydrogen) atoms. The number of nitrogens with one attached hydrogen (secondary N) is 2. The lowest BCUT2D eigenvalue weighted by Crippen LogP contribution is -2.17. The molecule has 0 atom stereocenters. The largest absolute Gasteiger partial charge is 0.481 e. The Morgan fingerprint density at radius 1 is 1.35 bits per heavy atom. The average Bonchev–Trinajstić information content (AvgIpc) is 2.97. The molecule has 7 nitrogen and oxygen atoms in total. The van der Waals surface area contributed by atoms with Crippen LogP contribution in [0.4, 0.5) is 14.7 Å². The van der Waals surface area contributed by atoms with Crippen LogP contribution >= 0.6 is 11.6 Å². The number of fused-ring (bicyclic) bond motifs is 1. The maximum atomic E-state index is 13.5. The predicted molar refractivity (Wildman–Crippen MR) is 92.3 cm³/mol. The van der Waals surface area contributed by atoms with Gasteiger partial charge in [0, 0.05) is 35.2 Å². The fourth-order valence-corrected chi connectivity index (χ4v) is 3.64. The molecule has 3 aromatic rings. The summed E-state index contributed by atoms with van der Waals surface area (Å²) in [5, 5.41) is 0.853. The Morgan fingerprint density at radius 2 is 2.08 bits per heavy atom. The smallest absolute Gasteiger partial charge is 0.277 e. The molecule has 0 aliphatic rings. The Hall–Kier alpha value is -2.46. The number of aromatic amines is 1. The highest BCUT2D eigenvalue weighted by Crippen LogP contribution is 2.33. The van der Waals surface area contributed by atoms with Crippen molar-refractivity contribution in [1.82, 2.24) is 15.0 Å². The fourth-order valence-electron chi connectivity index (χ4n) is 2.34. The first-order chi connectivity index (χ1) is 12.1. The maximum absolute atomic E-state index is 13.5. The summed E-state index contributed by atoms with van der Waals surface area (Å²) >= 11 is 5.88. The third-order valence-electron chi connectivity index (χ3n) is 3.54. The van der Waals surface area contributed by atoms with Crippen molar-refractivity contribution in [3.63, 3.8) is 0 Å². The molecule has 138 valence electrons. The van der Waals surface area contributed by atoms with Crippen molar-refractivity contribution < 1.29 is 21.9 Å². The number of anilines is 1. The molecule has 0 fully saturated rings. The summed E-state index contributed by atoms with van der Waals surface area (Å²) in [6, 6.07) is 4.67. The van der Waals surface area contributed by atoms with Crippen molar-refractivity contribution in [2.24, 2.45) is 0 Å². The number of benzene rings is 1. The summed E-state index contributed by atoms with van der Waals surface area (Å²) < 4.78 is 59.2. The normalized spacial score (nSPS) is 12.3. The summed E-state index contributed by atoms with van der Waals surface area (Å²) in [7, 11) is -2.92. The minimum atomic E-state index is -4.08. The number of rotatable bonds is 5. The Balaban J connectivity index is 1.99. The molecule has 3 rings (SSSR count). The molecule has 0 saturated heterocycles. The van der Waals surface area contributed by atoms with Gasteiger partial charge in [0.1, 0.15) is 10.5 Å². The van der Waals surface area contributed by atoms with E-state index in [1.807, 2.05) is 0 Å². The third kappa shape index (κ3) is 3.42. The van der Waals surface area contributed by atoms with E-state index >= 15 is 0 Å². The van der Waals surface area contributed by atoms with Crippen molar-refractivity contribution >= 4 is 38.5 Å². The van der Waals surface area contributed by atoms with Crippen LogP contribution in [-0.4, -0.2) is 30.5 Å². The van der Waals surface area contributed by atoms with Gasteiger partial charge in [0.2, 0.25) is 11.8 Å². The van der Waals surface area contributed by atoms with Gasteiger partial charge in [-0.3, -0.25) is 0 Å². The summed E-state index contributed by atoms with van der Waals surface area (Å²) in [6.45, 7) is 0.662. The second-order valence-corrected chi connectivity index (χ2v) is 7.54. The predicted octanol–water partition coefficient (Wildman–Crippen LogP) is 3.53. The van der Waals surface area contributed by atoms with E-state index in [2.05, 4.69) is 19.7 Å². The van der Waals surface area contributed by atoms with Gasteiger partial charge in [-0.2, -0.15) is 4.98 Å². The van der Waals surface area contributed by atoms with Crippen LogP contribution in [0.15, 0.2) is 35.5 Å². The standard InChI is InChI=1S/C15H13ClF2N4O3S/c1-15(17,18)10-6-20-14(21-13(10)25-2)22-26(23,24)12-7-19-11-5-8(16)3-4-9(11)12/h3-7,19H,1-2H3,(H,20,21,22). The molecular weight excluding hydrogens is 390 g/mol. The van der Waals surface area contributed by atoms with E-state index in [0.29, 0.717) is 22.8 Å². The van der Waals surface area contributed by atoms with Crippen molar-refractivity contribution in [3.8, 4) is 5.88 Å². The highest BCUT2D eigenvalue weighted by Gasteiger charge is 2.31. The molecule has 0 aliphatic heterocycles. The average molecular weight is 403 g/mol. The molecule has 2 aromatic heterocycles. The van der Waals surface area contributed by atoms with Crippen molar-refractivity contribution in [2.75, 3.05) is 11.8 Å². The van der Waals surface area contributed by atoms with Gasteiger partial charge in [0.15, 0.2) is 0 Å². The number of hydrogen-bond donors (Lipinski definition) is 2. The number of sulfonamides is 1. The molecule has 2 heterocycles. The van der Waals surface area contributed by atoms with Crippen LogP contribution in [0.3, 0.4) is 0 Å². The van der Waals surface area contributed by atoms with E-state index in [4.69, 9.17) is 16.3 Å². The molecule has 2 N–H and O–H groups in total. The zero-order chi connectivity index (χ0) is 19.1. The van der Waals surface area contributed by atoms with Crippen LogP contribution in [0.25, 0.3) is 10.9 Å². The van der Waals surface area contributed by atoms with Gasteiger partial charge in [0.25, 0.3) is 15.9 Å². The number of methoxy groups -OCH3 is 1. The SMILES string of the molecule is COc1nc(NS(=O)(=O)c2c[nH]c3cc(Cl)ccc23)ncc1C(C)(F)F. The topological polar surface area (TPSA) is 97.0 Å². The van der Waals surface area contributed by atoms with Crippen molar-refractivity contribution in [2.45, 2.75) is 17.7 Å². The number of ether oxygens (including phenoxy) is 1. The van der Waals surface area contributed by atoms with Gasteiger partial charge in [-0.15, -0.1) is 0 Å². The zero-order valence-corrected chi connectivity index (χ0v) is 15.1. The quantitative estimate of drug-likeness (QED) is 0.680. The van der Waals surface area contributed by atoms with Crippen molar-refractivity contribution in [1.29, 1.82) is 0 Å². The molecule has 1 aromatic carbocycles. The van der Waals surface area contributed by atoms with Crippen LogP contribution in [0.1, 0.15) is 12.5 Å². The Bertz CT molecular complexity index is 1080. The maximum Gasteiger partial charge on any atom is 0.277 e. The molecule has 0 spiro atoms. The number of halogens is 3. The van der Waals surface area contributed by atoms with Gasteiger partial charge in [-0.05, 0) is 18.2 Å². The van der Waals surface area contributed by atoms with E-state index in [0.717, 1.165) is 13.3 Å². The minimum Gasteiger partial charge on any atom is -0.481 e. The monoisotopic (exact) mass is 402 g/mol. The highest BCUT2D eigenvalue weighted by molar-refractivity contribution is 7.93. The molecule has 0 saturated carbocycles. The van der Waals surface area contributed by atoms with Gasteiger partial charge in [-0.25, -0.2) is 26.9 Å². The Labute approximate surface area is 152 Å². The van der Waals surface area contributed by atoms with Gasteiger partial charge in [-0.1, -0.05) is 11.6 Å². The van der Waals surface area contributed by atoms with Crippen LogP contribution in [0.2, 0.25) is 5.02 Å². The van der Waals surface area contributed by atoms with E-state index in [-0.39, 0.29) is 4.90 Å². The van der Waals surface area contributed by atoms with Crippen LogP contribution < -0.4 is 9.46 Å². The number of alkyl halides is 2. The summed E-state index contributed by atoms with van der Waals surface area (Å²) in [5.41, 5.74) is -0.0259. The van der Waals surface area contributed by atoms with E-state index in [1.165, 1.54) is 6.20 Å². The number of H-pyrrole nitrogens is 1. The number of nitrogens with zero attached hydrogens (tertiary/aromatic N) is 2. The summed E-state index contributed by atoms with van der Waals surface area (Å²) in [4.78, 5) is 10.1. The molecule has 0 unspecified atom stereocenters. The Kier molecular flexibility index (Phi) is 4.49. The van der Waals surface area contributed by atoms with Crippen LogP contribution in [-0.2, 0) is 15.9 Å². The van der Waals surface area contributed by atoms with Gasteiger partial charge in [0.05, 0.1) is 7.11 Å². The molecular formula is C15H13ClF2N4O3S. The van der Waals surface area contributed by atoms with Crippen LogP contribution in [0, 0.1) is 0 Å². The second-order valence-electron chi connectivity index (χ2n) is 5.45. The first-order valence-corrected chi connectivity index (χ1v) is 9.07. The summed E-state index contributed by atoms with van der Waals surface area (Å²) in [5.74, 6) is -4.05. The second kappa shape index (κ2) is 6.36. The van der Waals surface area contributed by atoms with Gasteiger partial charge < -0.3 is 9.72 Å². The lowest BCUT2D eigenvalue weighted by Gasteiger charge is -2.14. The molecule has 0 aliphatic carbocycles. The highest BCUT2D eigenvalue weighted by atomic mass is 35.5. The minimum absolute atomic E-state index is 0.0587. The first kappa shape index (κ1) is 18.3. The van der Waals surface area contributed by atoms with Crippen LogP contribution in [0.5, 0.6) is 5.88 Å².